The number of carbonyl (C=O) groups is 5. The molecular formula is C26H47N3O12. The Hall–Kier alpha value is -3.01. The van der Waals surface area contributed by atoms with Gasteiger partial charge in [-0.15, -0.1) is 0 Å². The van der Waals surface area contributed by atoms with Gasteiger partial charge in [0, 0.05) is 19.5 Å². The summed E-state index contributed by atoms with van der Waals surface area (Å²) in [4.78, 5) is 58.8. The highest BCUT2D eigenvalue weighted by molar-refractivity contribution is 5.83. The van der Waals surface area contributed by atoms with Gasteiger partial charge in [-0.05, 0) is 48.0 Å². The minimum Gasteiger partial charge on any atom is -0.480 e. The van der Waals surface area contributed by atoms with Crippen molar-refractivity contribution in [2.75, 3.05) is 65.9 Å². The summed E-state index contributed by atoms with van der Waals surface area (Å²) in [5, 5.41) is 16.2. The first-order valence-corrected chi connectivity index (χ1v) is 13.4. The minimum atomic E-state index is -1.06. The molecule has 0 spiro atoms. The van der Waals surface area contributed by atoms with Crippen molar-refractivity contribution < 1.29 is 57.5 Å². The molecule has 4 N–H and O–H groups in total. The Bertz CT molecular complexity index is 809. The minimum absolute atomic E-state index is 0.0179. The van der Waals surface area contributed by atoms with Crippen LogP contribution in [-0.4, -0.2) is 118 Å². The van der Waals surface area contributed by atoms with Gasteiger partial charge in [-0.2, -0.15) is 0 Å². The second kappa shape index (κ2) is 20.8. The summed E-state index contributed by atoms with van der Waals surface area (Å²) in [7, 11) is 0. The van der Waals surface area contributed by atoms with E-state index in [1.54, 1.807) is 41.5 Å². The average Bonchev–Trinajstić information content (AvgIpc) is 2.82. The van der Waals surface area contributed by atoms with Gasteiger partial charge < -0.3 is 49.5 Å². The number of esters is 1. The Morgan fingerprint density at radius 3 is 1.66 bits per heavy atom. The lowest BCUT2D eigenvalue weighted by Crippen LogP contribution is -2.46. The number of alkyl carbamates (subject to hydrolysis) is 1. The van der Waals surface area contributed by atoms with E-state index in [9.17, 15) is 24.0 Å². The van der Waals surface area contributed by atoms with Crippen LogP contribution in [0.4, 0.5) is 4.79 Å². The van der Waals surface area contributed by atoms with Crippen LogP contribution in [0.25, 0.3) is 0 Å². The number of hydrogen-bond acceptors (Lipinski definition) is 11. The van der Waals surface area contributed by atoms with Crippen molar-refractivity contribution in [1.82, 2.24) is 16.0 Å². The van der Waals surface area contributed by atoms with Crippen molar-refractivity contribution >= 4 is 29.8 Å². The SMILES string of the molecule is CC(C)(C)OC(=O)N[C@@H](CCC(=O)NCCOCCOCC(=O)NCCOCCOCC(=O)O)C(=O)OC(C)(C)C. The molecule has 1 atom stereocenters. The molecule has 0 saturated heterocycles. The highest BCUT2D eigenvalue weighted by Crippen LogP contribution is 2.12. The topological polar surface area (TPSA) is 197 Å². The lowest BCUT2D eigenvalue weighted by Gasteiger charge is -2.26. The van der Waals surface area contributed by atoms with Gasteiger partial charge in [0.2, 0.25) is 11.8 Å². The van der Waals surface area contributed by atoms with E-state index in [-0.39, 0.29) is 90.6 Å². The predicted octanol–water partition coefficient (Wildman–Crippen LogP) is 0.385. The summed E-state index contributed by atoms with van der Waals surface area (Å²) in [5.41, 5.74) is -1.52. The summed E-state index contributed by atoms with van der Waals surface area (Å²) >= 11 is 0. The summed E-state index contributed by atoms with van der Waals surface area (Å²) in [6, 6.07) is -1.06. The third-order valence-electron chi connectivity index (χ3n) is 4.38. The molecule has 0 aliphatic heterocycles. The fourth-order valence-corrected chi connectivity index (χ4v) is 2.78. The van der Waals surface area contributed by atoms with E-state index in [4.69, 9.17) is 33.5 Å². The van der Waals surface area contributed by atoms with E-state index in [1.165, 1.54) is 0 Å². The van der Waals surface area contributed by atoms with E-state index in [2.05, 4.69) is 16.0 Å². The Morgan fingerprint density at radius 1 is 0.659 bits per heavy atom. The van der Waals surface area contributed by atoms with Crippen LogP contribution in [0.5, 0.6) is 0 Å². The van der Waals surface area contributed by atoms with E-state index < -0.39 is 35.3 Å². The molecule has 0 aliphatic carbocycles. The van der Waals surface area contributed by atoms with Crippen LogP contribution < -0.4 is 16.0 Å². The first-order chi connectivity index (χ1) is 19.1. The average molecular weight is 594 g/mol. The van der Waals surface area contributed by atoms with E-state index in [0.717, 1.165) is 0 Å². The van der Waals surface area contributed by atoms with Crippen molar-refractivity contribution in [3.8, 4) is 0 Å². The normalized spacial score (nSPS) is 12.2. The molecule has 0 unspecified atom stereocenters. The van der Waals surface area contributed by atoms with Gasteiger partial charge in [0.15, 0.2) is 0 Å². The highest BCUT2D eigenvalue weighted by Gasteiger charge is 2.29. The Balaban J connectivity index is 4.01. The van der Waals surface area contributed by atoms with Crippen LogP contribution in [0.1, 0.15) is 54.4 Å². The molecule has 0 aromatic heterocycles. The van der Waals surface area contributed by atoms with Crippen molar-refractivity contribution in [3.63, 3.8) is 0 Å². The van der Waals surface area contributed by atoms with Gasteiger partial charge in [0.25, 0.3) is 0 Å². The Kier molecular flexibility index (Phi) is 19.3. The molecule has 41 heavy (non-hydrogen) atoms. The quantitative estimate of drug-likeness (QED) is 0.106. The third-order valence-corrected chi connectivity index (χ3v) is 4.38. The van der Waals surface area contributed by atoms with Crippen LogP contribution in [0.3, 0.4) is 0 Å². The standard InChI is InChI=1S/C26H47N3O12/c1-25(2,3)40-23(34)19(29-24(35)41-26(4,5)6)7-8-20(30)27-9-11-36-13-15-38-17-21(31)28-10-12-37-14-16-39-18-22(32)33/h19H,7-18H2,1-6H3,(H,27,30)(H,28,31)(H,29,35)(H,32,33)/t19-/m0/s1. The van der Waals surface area contributed by atoms with Gasteiger partial charge in [-0.1, -0.05) is 0 Å². The molecule has 0 aliphatic rings. The second-order valence-corrected chi connectivity index (χ2v) is 10.7. The van der Waals surface area contributed by atoms with Crippen molar-refractivity contribution in [2.24, 2.45) is 0 Å². The van der Waals surface area contributed by atoms with E-state index in [0.29, 0.717) is 0 Å². The molecule has 0 bridgehead atoms. The van der Waals surface area contributed by atoms with Crippen LogP contribution in [0.2, 0.25) is 0 Å². The van der Waals surface area contributed by atoms with Crippen LogP contribution >= 0.6 is 0 Å². The Morgan fingerprint density at radius 2 is 1.15 bits per heavy atom. The number of rotatable bonds is 21. The van der Waals surface area contributed by atoms with Gasteiger partial charge in [0.05, 0.1) is 39.6 Å². The molecule has 0 rings (SSSR count). The number of amides is 3. The van der Waals surface area contributed by atoms with Gasteiger partial charge >= 0.3 is 18.0 Å². The molecule has 15 nitrogen and oxygen atoms in total. The molecule has 0 heterocycles. The van der Waals surface area contributed by atoms with Gasteiger partial charge in [-0.3, -0.25) is 9.59 Å². The van der Waals surface area contributed by atoms with Crippen molar-refractivity contribution in [1.29, 1.82) is 0 Å². The molecule has 0 aromatic carbocycles. The number of carboxylic acid groups (broad SMARTS) is 1. The summed E-state index contributed by atoms with van der Waals surface area (Å²) < 4.78 is 31.1. The molecule has 238 valence electrons. The zero-order chi connectivity index (χ0) is 31.3. The fourth-order valence-electron chi connectivity index (χ4n) is 2.78. The van der Waals surface area contributed by atoms with Gasteiger partial charge in [0.1, 0.15) is 30.5 Å². The first-order valence-electron chi connectivity index (χ1n) is 13.4. The zero-order valence-corrected chi connectivity index (χ0v) is 25.0. The number of carbonyl (C=O) groups excluding carboxylic acids is 4. The van der Waals surface area contributed by atoms with Gasteiger partial charge in [-0.25, -0.2) is 14.4 Å². The number of hydrogen-bond donors (Lipinski definition) is 4. The smallest absolute Gasteiger partial charge is 0.408 e. The van der Waals surface area contributed by atoms with E-state index in [1.807, 2.05) is 0 Å². The first kappa shape index (κ1) is 38.0. The molecule has 3 amide bonds. The Labute approximate surface area is 241 Å². The van der Waals surface area contributed by atoms with Crippen molar-refractivity contribution in [3.05, 3.63) is 0 Å². The molecule has 0 saturated carbocycles. The molecule has 0 fully saturated rings. The highest BCUT2D eigenvalue weighted by atomic mass is 16.6. The second-order valence-electron chi connectivity index (χ2n) is 10.7. The summed E-state index contributed by atoms with van der Waals surface area (Å²) in [6.07, 6.45) is -0.806. The maximum absolute atomic E-state index is 12.5. The number of ether oxygens (including phenoxy) is 6. The molecule has 0 aromatic rings. The lowest BCUT2D eigenvalue weighted by atomic mass is 10.1. The van der Waals surface area contributed by atoms with Crippen LogP contribution in [0, 0.1) is 0 Å². The zero-order valence-electron chi connectivity index (χ0n) is 25.0. The maximum atomic E-state index is 12.5. The third kappa shape index (κ3) is 25.7. The number of aliphatic carboxylic acids is 1. The fraction of sp³-hybridized carbons (Fsp3) is 0.808. The number of carboxylic acids is 1. The molecular weight excluding hydrogens is 546 g/mol. The number of nitrogens with one attached hydrogen (secondary N) is 3. The predicted molar refractivity (Wildman–Crippen MR) is 145 cm³/mol. The van der Waals surface area contributed by atoms with Crippen molar-refractivity contribution in [2.45, 2.75) is 71.6 Å². The lowest BCUT2D eigenvalue weighted by molar-refractivity contribution is -0.157. The molecule has 15 heteroatoms. The van der Waals surface area contributed by atoms with Crippen LogP contribution in [0.15, 0.2) is 0 Å². The summed E-state index contributed by atoms with van der Waals surface area (Å²) in [6.45, 7) is 11.3. The summed E-state index contributed by atoms with van der Waals surface area (Å²) in [5.74, 6) is -2.38. The van der Waals surface area contributed by atoms with E-state index >= 15 is 0 Å². The largest absolute Gasteiger partial charge is 0.480 e. The maximum Gasteiger partial charge on any atom is 0.408 e. The molecule has 0 radical (unpaired) electrons. The van der Waals surface area contributed by atoms with Crippen LogP contribution in [-0.2, 0) is 47.6 Å². The monoisotopic (exact) mass is 593 g/mol.